The summed E-state index contributed by atoms with van der Waals surface area (Å²) < 4.78 is 60.2. The Balaban J connectivity index is 1.64. The molecule has 0 aliphatic heterocycles. The van der Waals surface area contributed by atoms with Crippen LogP contribution in [0.2, 0.25) is 0 Å². The topological polar surface area (TPSA) is 86.7 Å². The number of hydrogen-bond acceptors (Lipinski definition) is 6. The van der Waals surface area contributed by atoms with Crippen molar-refractivity contribution in [3.63, 3.8) is 0 Å². The van der Waals surface area contributed by atoms with Crippen LogP contribution in [0.1, 0.15) is 11.1 Å². The second kappa shape index (κ2) is 9.26. The molecule has 2 atom stereocenters. The summed E-state index contributed by atoms with van der Waals surface area (Å²) >= 11 is 0. The van der Waals surface area contributed by atoms with Gasteiger partial charge in [0.2, 0.25) is 0 Å². The van der Waals surface area contributed by atoms with Crippen molar-refractivity contribution in [3.05, 3.63) is 84.0 Å². The van der Waals surface area contributed by atoms with Gasteiger partial charge >= 0.3 is 0 Å². The molecule has 0 heterocycles. The lowest BCUT2D eigenvalue weighted by atomic mass is 9.90. The fourth-order valence-electron chi connectivity index (χ4n) is 2.94. The van der Waals surface area contributed by atoms with Crippen molar-refractivity contribution in [2.75, 3.05) is 13.2 Å². The predicted octanol–water partition coefficient (Wildman–Crippen LogP) is 3.77. The number of benzene rings is 2. The molecule has 0 N–H and O–H groups in total. The van der Waals surface area contributed by atoms with Gasteiger partial charge in [-0.05, 0) is 38.1 Å². The van der Waals surface area contributed by atoms with E-state index in [0.29, 0.717) is 0 Å². The molecule has 2 aromatic rings. The fraction of sp³-hybridized carbons (Fsp3) is 0.273. The standard InChI is InChI=1S/C22H24O6S2/c1-17-7-11-21(12-8-17)29(23,24)27-15-19-5-3-4-6-20(19)16-28-30(25,26)22-13-9-18(2)10-14-22/h3-14,19-20H,15-16H2,1-2H3/t19-,20-/m0/s1. The van der Waals surface area contributed by atoms with Gasteiger partial charge in [0.05, 0.1) is 23.0 Å². The fourth-order valence-corrected chi connectivity index (χ4v) is 4.82. The molecule has 160 valence electrons. The summed E-state index contributed by atoms with van der Waals surface area (Å²) in [6.07, 6.45) is 7.13. The minimum Gasteiger partial charge on any atom is -0.266 e. The molecule has 0 saturated heterocycles. The average Bonchev–Trinajstić information content (AvgIpc) is 2.72. The van der Waals surface area contributed by atoms with Gasteiger partial charge in [-0.25, -0.2) is 0 Å². The number of allylic oxidation sites excluding steroid dienone is 2. The lowest BCUT2D eigenvalue weighted by Crippen LogP contribution is -2.25. The van der Waals surface area contributed by atoms with Crippen molar-refractivity contribution in [2.45, 2.75) is 23.6 Å². The number of rotatable bonds is 8. The van der Waals surface area contributed by atoms with Crippen LogP contribution in [0.25, 0.3) is 0 Å². The van der Waals surface area contributed by atoms with Gasteiger partial charge in [-0.3, -0.25) is 8.37 Å². The van der Waals surface area contributed by atoms with Crippen LogP contribution in [0, 0.1) is 25.7 Å². The van der Waals surface area contributed by atoms with Gasteiger partial charge in [0, 0.05) is 11.8 Å². The lowest BCUT2D eigenvalue weighted by molar-refractivity contribution is 0.198. The molecule has 1 aliphatic rings. The van der Waals surface area contributed by atoms with Crippen LogP contribution in [-0.4, -0.2) is 30.0 Å². The van der Waals surface area contributed by atoms with Gasteiger partial charge in [-0.1, -0.05) is 59.7 Å². The third kappa shape index (κ3) is 5.66. The monoisotopic (exact) mass is 448 g/mol. The number of aryl methyl sites for hydroxylation is 2. The van der Waals surface area contributed by atoms with E-state index in [1.54, 1.807) is 48.6 Å². The van der Waals surface area contributed by atoms with Crippen LogP contribution in [-0.2, 0) is 28.6 Å². The maximum atomic E-state index is 12.4. The normalized spacial score (nSPS) is 19.1. The molecular weight excluding hydrogens is 424 g/mol. The molecule has 0 unspecified atom stereocenters. The minimum absolute atomic E-state index is 0.0816. The molecule has 0 bridgehead atoms. The van der Waals surface area contributed by atoms with Crippen LogP contribution < -0.4 is 0 Å². The zero-order chi connectivity index (χ0) is 21.8. The summed E-state index contributed by atoms with van der Waals surface area (Å²) in [4.78, 5) is 0.163. The zero-order valence-corrected chi connectivity index (χ0v) is 18.4. The molecule has 0 aromatic heterocycles. The molecule has 0 fully saturated rings. The summed E-state index contributed by atoms with van der Waals surface area (Å²) in [5.74, 6) is -0.688. The third-order valence-electron chi connectivity index (χ3n) is 4.83. The van der Waals surface area contributed by atoms with Crippen molar-refractivity contribution < 1.29 is 25.2 Å². The first-order chi connectivity index (χ1) is 14.2. The van der Waals surface area contributed by atoms with Crippen LogP contribution in [0.15, 0.2) is 82.6 Å². The first-order valence-corrected chi connectivity index (χ1v) is 12.3. The van der Waals surface area contributed by atoms with Gasteiger partial charge in [-0.2, -0.15) is 16.8 Å². The highest BCUT2D eigenvalue weighted by Gasteiger charge is 2.26. The minimum atomic E-state index is -3.91. The molecule has 0 spiro atoms. The maximum absolute atomic E-state index is 12.4. The Kier molecular flexibility index (Phi) is 6.92. The summed E-state index contributed by atoms with van der Waals surface area (Å²) in [5, 5.41) is 0. The molecule has 0 saturated carbocycles. The van der Waals surface area contributed by atoms with E-state index in [4.69, 9.17) is 8.37 Å². The molecule has 1 aliphatic carbocycles. The van der Waals surface area contributed by atoms with Crippen molar-refractivity contribution in [1.29, 1.82) is 0 Å². The van der Waals surface area contributed by atoms with Crippen LogP contribution in [0.3, 0.4) is 0 Å². The Bertz CT molecular complexity index is 1040. The second-order valence-electron chi connectivity index (χ2n) is 7.20. The third-order valence-corrected chi connectivity index (χ3v) is 7.42. The van der Waals surface area contributed by atoms with Crippen molar-refractivity contribution in [2.24, 2.45) is 11.8 Å². The van der Waals surface area contributed by atoms with E-state index in [0.717, 1.165) is 11.1 Å². The SMILES string of the molecule is Cc1ccc(S(=O)(=O)OC[C@@H]2C=CC=C[C@H]2COS(=O)(=O)c2ccc(C)cc2)cc1. The van der Waals surface area contributed by atoms with Crippen molar-refractivity contribution >= 4 is 20.2 Å². The van der Waals surface area contributed by atoms with E-state index >= 15 is 0 Å². The van der Waals surface area contributed by atoms with E-state index in [1.807, 2.05) is 13.8 Å². The van der Waals surface area contributed by atoms with Crippen molar-refractivity contribution in [1.82, 2.24) is 0 Å². The maximum Gasteiger partial charge on any atom is 0.296 e. The summed E-state index contributed by atoms with van der Waals surface area (Å²) in [6.45, 7) is 3.50. The zero-order valence-electron chi connectivity index (χ0n) is 16.8. The first kappa shape index (κ1) is 22.4. The Hall–Kier alpha value is -2.26. The Morgan fingerprint density at radius 3 is 1.30 bits per heavy atom. The summed E-state index contributed by atoms with van der Waals surface area (Å²) in [7, 11) is -7.81. The van der Waals surface area contributed by atoms with E-state index < -0.39 is 20.2 Å². The Morgan fingerprint density at radius 2 is 0.967 bits per heavy atom. The van der Waals surface area contributed by atoms with Crippen molar-refractivity contribution in [3.8, 4) is 0 Å². The van der Waals surface area contributed by atoms with E-state index in [1.165, 1.54) is 24.3 Å². The largest absolute Gasteiger partial charge is 0.296 e. The van der Waals surface area contributed by atoms with Gasteiger partial charge in [-0.15, -0.1) is 0 Å². The summed E-state index contributed by atoms with van der Waals surface area (Å²) in [5.41, 5.74) is 1.89. The lowest BCUT2D eigenvalue weighted by Gasteiger charge is -2.23. The van der Waals surface area contributed by atoms with Gasteiger partial charge in [0.25, 0.3) is 20.2 Å². The molecule has 6 nitrogen and oxygen atoms in total. The molecule has 2 aromatic carbocycles. The molecule has 30 heavy (non-hydrogen) atoms. The molecule has 8 heteroatoms. The average molecular weight is 449 g/mol. The molecule has 0 radical (unpaired) electrons. The highest BCUT2D eigenvalue weighted by molar-refractivity contribution is 7.87. The quantitative estimate of drug-likeness (QED) is 0.572. The highest BCUT2D eigenvalue weighted by Crippen LogP contribution is 2.24. The Morgan fingerprint density at radius 1 is 0.633 bits per heavy atom. The molecule has 3 rings (SSSR count). The van der Waals surface area contributed by atoms with E-state index in [2.05, 4.69) is 0 Å². The highest BCUT2D eigenvalue weighted by atomic mass is 32.2. The predicted molar refractivity (Wildman–Crippen MR) is 114 cm³/mol. The molecule has 0 amide bonds. The van der Waals surface area contributed by atoms with Gasteiger partial charge in [0.1, 0.15) is 0 Å². The van der Waals surface area contributed by atoms with E-state index in [-0.39, 0.29) is 34.8 Å². The van der Waals surface area contributed by atoms with Crippen LogP contribution in [0.4, 0.5) is 0 Å². The Labute approximate surface area is 178 Å². The smallest absolute Gasteiger partial charge is 0.266 e. The van der Waals surface area contributed by atoms with Crippen LogP contribution >= 0.6 is 0 Å². The van der Waals surface area contributed by atoms with E-state index in [9.17, 15) is 16.8 Å². The second-order valence-corrected chi connectivity index (χ2v) is 10.4. The summed E-state index contributed by atoms with van der Waals surface area (Å²) in [6, 6.07) is 12.8. The molecular formula is C22H24O6S2. The number of hydrogen-bond donors (Lipinski definition) is 0. The first-order valence-electron chi connectivity index (χ1n) is 9.44. The van der Waals surface area contributed by atoms with Crippen LogP contribution in [0.5, 0.6) is 0 Å². The van der Waals surface area contributed by atoms with Gasteiger partial charge < -0.3 is 0 Å². The van der Waals surface area contributed by atoms with Gasteiger partial charge in [0.15, 0.2) is 0 Å².